The van der Waals surface area contributed by atoms with Crippen molar-refractivity contribution in [1.29, 1.82) is 0 Å². The van der Waals surface area contributed by atoms with E-state index in [1.807, 2.05) is 6.92 Å². The van der Waals surface area contributed by atoms with E-state index >= 15 is 0 Å². The maximum Gasteiger partial charge on any atom is 0.244 e. The van der Waals surface area contributed by atoms with Crippen LogP contribution in [0.25, 0.3) is 0 Å². The standard InChI is InChI=1S/C12H17ClN2O3S/c1-9-2-3-12(11(13)6-9)19(16,17)15-4-5-18-10(7-14)8-15/h2-3,6,10H,4-5,7-8,14H2,1H3. The number of sulfonamides is 1. The molecule has 1 fully saturated rings. The lowest BCUT2D eigenvalue weighted by Gasteiger charge is -2.31. The van der Waals surface area contributed by atoms with Crippen LogP contribution in [-0.2, 0) is 14.8 Å². The molecule has 7 heteroatoms. The van der Waals surface area contributed by atoms with Crippen LogP contribution in [0.3, 0.4) is 0 Å². The Morgan fingerprint density at radius 1 is 1.53 bits per heavy atom. The molecular formula is C12H17ClN2O3S. The van der Waals surface area contributed by atoms with Crippen LogP contribution < -0.4 is 5.73 Å². The van der Waals surface area contributed by atoms with Crippen molar-refractivity contribution in [3.05, 3.63) is 28.8 Å². The Morgan fingerprint density at radius 3 is 2.89 bits per heavy atom. The second-order valence-electron chi connectivity index (χ2n) is 4.53. The van der Waals surface area contributed by atoms with Gasteiger partial charge in [-0.2, -0.15) is 4.31 Å². The number of ether oxygens (including phenoxy) is 1. The van der Waals surface area contributed by atoms with Crippen LogP contribution in [0.2, 0.25) is 5.02 Å². The van der Waals surface area contributed by atoms with Crippen LogP contribution >= 0.6 is 11.6 Å². The molecule has 0 bridgehead atoms. The van der Waals surface area contributed by atoms with Crippen molar-refractivity contribution < 1.29 is 13.2 Å². The second-order valence-corrected chi connectivity index (χ2v) is 6.84. The molecule has 0 amide bonds. The van der Waals surface area contributed by atoms with Gasteiger partial charge in [0.25, 0.3) is 0 Å². The maximum atomic E-state index is 12.5. The first-order chi connectivity index (χ1) is 8.95. The summed E-state index contributed by atoms with van der Waals surface area (Å²) in [6.07, 6.45) is -0.257. The lowest BCUT2D eigenvalue weighted by Crippen LogP contribution is -2.48. The first-order valence-corrected chi connectivity index (χ1v) is 7.85. The molecule has 1 aromatic rings. The number of hydrogen-bond acceptors (Lipinski definition) is 4. The van der Waals surface area contributed by atoms with Gasteiger partial charge in [0.2, 0.25) is 10.0 Å². The quantitative estimate of drug-likeness (QED) is 0.904. The van der Waals surface area contributed by atoms with Crippen molar-refractivity contribution in [3.8, 4) is 0 Å². The summed E-state index contributed by atoms with van der Waals surface area (Å²) >= 11 is 6.04. The summed E-state index contributed by atoms with van der Waals surface area (Å²) in [5, 5.41) is 0.246. The van der Waals surface area contributed by atoms with Crippen molar-refractivity contribution in [2.24, 2.45) is 5.73 Å². The molecule has 1 aliphatic heterocycles. The smallest absolute Gasteiger partial charge is 0.244 e. The van der Waals surface area contributed by atoms with Gasteiger partial charge in [-0.15, -0.1) is 0 Å². The van der Waals surface area contributed by atoms with Gasteiger partial charge in [0.1, 0.15) is 4.90 Å². The average molecular weight is 305 g/mol. The van der Waals surface area contributed by atoms with Gasteiger partial charge in [-0.1, -0.05) is 17.7 Å². The molecule has 0 spiro atoms. The third-order valence-electron chi connectivity index (χ3n) is 3.07. The van der Waals surface area contributed by atoms with Gasteiger partial charge in [-0.3, -0.25) is 0 Å². The predicted octanol–water partition coefficient (Wildman–Crippen LogP) is 0.997. The van der Waals surface area contributed by atoms with E-state index in [1.54, 1.807) is 18.2 Å². The molecule has 1 saturated heterocycles. The van der Waals surface area contributed by atoms with Gasteiger partial charge in [0, 0.05) is 19.6 Å². The summed E-state index contributed by atoms with van der Waals surface area (Å²) < 4.78 is 31.8. The van der Waals surface area contributed by atoms with Gasteiger partial charge in [-0.25, -0.2) is 8.42 Å². The van der Waals surface area contributed by atoms with Crippen molar-refractivity contribution in [1.82, 2.24) is 4.31 Å². The Bertz CT molecular complexity index is 562. The number of benzene rings is 1. The molecule has 5 nitrogen and oxygen atoms in total. The number of rotatable bonds is 3. The molecule has 1 heterocycles. The van der Waals surface area contributed by atoms with Gasteiger partial charge >= 0.3 is 0 Å². The summed E-state index contributed by atoms with van der Waals surface area (Å²) in [5.74, 6) is 0. The third kappa shape index (κ3) is 3.09. The monoisotopic (exact) mass is 304 g/mol. The zero-order valence-electron chi connectivity index (χ0n) is 10.7. The molecule has 106 valence electrons. The van der Waals surface area contributed by atoms with E-state index in [-0.39, 0.29) is 22.6 Å². The number of aryl methyl sites for hydroxylation is 1. The van der Waals surface area contributed by atoms with Crippen LogP contribution in [0.15, 0.2) is 23.1 Å². The van der Waals surface area contributed by atoms with E-state index in [0.717, 1.165) is 5.56 Å². The average Bonchev–Trinajstić information content (AvgIpc) is 2.38. The minimum Gasteiger partial charge on any atom is -0.374 e. The predicted molar refractivity (Wildman–Crippen MR) is 73.7 cm³/mol. The summed E-state index contributed by atoms with van der Waals surface area (Å²) in [5.41, 5.74) is 6.45. The van der Waals surface area contributed by atoms with Crippen LogP contribution in [0.1, 0.15) is 5.56 Å². The Hall–Kier alpha value is -0.660. The van der Waals surface area contributed by atoms with E-state index < -0.39 is 10.0 Å². The highest BCUT2D eigenvalue weighted by Gasteiger charge is 2.31. The van der Waals surface area contributed by atoms with Crippen molar-refractivity contribution in [3.63, 3.8) is 0 Å². The van der Waals surface area contributed by atoms with E-state index in [9.17, 15) is 8.42 Å². The zero-order chi connectivity index (χ0) is 14.0. The molecule has 19 heavy (non-hydrogen) atoms. The highest BCUT2D eigenvalue weighted by molar-refractivity contribution is 7.89. The maximum absolute atomic E-state index is 12.5. The lowest BCUT2D eigenvalue weighted by molar-refractivity contribution is 0.00451. The van der Waals surface area contributed by atoms with Gasteiger partial charge in [0.05, 0.1) is 17.7 Å². The fourth-order valence-corrected chi connectivity index (χ4v) is 4.04. The largest absolute Gasteiger partial charge is 0.374 e. The number of halogens is 1. The highest BCUT2D eigenvalue weighted by atomic mass is 35.5. The van der Waals surface area contributed by atoms with E-state index in [4.69, 9.17) is 22.1 Å². The van der Waals surface area contributed by atoms with Crippen LogP contribution in [0, 0.1) is 6.92 Å². The first kappa shape index (κ1) is 14.7. The Kier molecular flexibility index (Phi) is 4.47. The Morgan fingerprint density at radius 2 is 2.26 bits per heavy atom. The summed E-state index contributed by atoms with van der Waals surface area (Å²) in [7, 11) is -3.59. The van der Waals surface area contributed by atoms with Gasteiger partial charge in [0.15, 0.2) is 0 Å². The number of nitrogens with zero attached hydrogens (tertiary/aromatic N) is 1. The molecule has 0 aromatic heterocycles. The summed E-state index contributed by atoms with van der Waals surface area (Å²) in [6, 6.07) is 4.93. The van der Waals surface area contributed by atoms with Crippen molar-refractivity contribution in [2.75, 3.05) is 26.2 Å². The lowest BCUT2D eigenvalue weighted by atomic mass is 10.2. The molecule has 0 aliphatic carbocycles. The second kappa shape index (κ2) is 5.76. The number of nitrogens with two attached hydrogens (primary N) is 1. The van der Waals surface area contributed by atoms with Crippen LogP contribution in [0.4, 0.5) is 0 Å². The minimum atomic E-state index is -3.59. The number of morpholine rings is 1. The van der Waals surface area contributed by atoms with Crippen molar-refractivity contribution >= 4 is 21.6 Å². The van der Waals surface area contributed by atoms with E-state index in [1.165, 1.54) is 4.31 Å². The van der Waals surface area contributed by atoms with Gasteiger partial charge < -0.3 is 10.5 Å². The van der Waals surface area contributed by atoms with Crippen LogP contribution in [0.5, 0.6) is 0 Å². The SMILES string of the molecule is Cc1ccc(S(=O)(=O)N2CCOC(CN)C2)c(Cl)c1. The molecule has 0 radical (unpaired) electrons. The Labute approximate surface area is 118 Å². The highest BCUT2D eigenvalue weighted by Crippen LogP contribution is 2.26. The molecule has 1 aliphatic rings. The first-order valence-electron chi connectivity index (χ1n) is 6.03. The van der Waals surface area contributed by atoms with Gasteiger partial charge in [-0.05, 0) is 24.6 Å². The molecule has 1 aromatic carbocycles. The molecule has 1 atom stereocenters. The molecule has 1 unspecified atom stereocenters. The van der Waals surface area contributed by atoms with E-state index in [2.05, 4.69) is 0 Å². The van der Waals surface area contributed by atoms with E-state index in [0.29, 0.717) is 19.7 Å². The molecule has 2 rings (SSSR count). The van der Waals surface area contributed by atoms with Crippen LogP contribution in [-0.4, -0.2) is 45.1 Å². The fourth-order valence-electron chi connectivity index (χ4n) is 2.01. The molecular weight excluding hydrogens is 288 g/mol. The fraction of sp³-hybridized carbons (Fsp3) is 0.500. The Balaban J connectivity index is 2.31. The molecule has 2 N–H and O–H groups in total. The number of hydrogen-bond donors (Lipinski definition) is 1. The van der Waals surface area contributed by atoms with Crippen molar-refractivity contribution in [2.45, 2.75) is 17.9 Å². The molecule has 0 saturated carbocycles. The topological polar surface area (TPSA) is 72.6 Å². The summed E-state index contributed by atoms with van der Waals surface area (Å²) in [6.45, 7) is 3.10. The summed E-state index contributed by atoms with van der Waals surface area (Å²) in [4.78, 5) is 0.137. The normalized spacial score (nSPS) is 21.5. The zero-order valence-corrected chi connectivity index (χ0v) is 12.2. The third-order valence-corrected chi connectivity index (χ3v) is 5.42. The minimum absolute atomic E-state index is 0.137.